The van der Waals surface area contributed by atoms with E-state index in [1.165, 1.54) is 6.42 Å². The van der Waals surface area contributed by atoms with Crippen molar-refractivity contribution in [1.29, 1.82) is 0 Å². The van der Waals surface area contributed by atoms with E-state index in [-0.39, 0.29) is 6.04 Å². The van der Waals surface area contributed by atoms with E-state index in [4.69, 9.17) is 0 Å². The third kappa shape index (κ3) is 3.37. The number of piperidine rings is 1. The van der Waals surface area contributed by atoms with Crippen LogP contribution in [0, 0.1) is 0 Å². The summed E-state index contributed by atoms with van der Waals surface area (Å²) in [6, 6.07) is 0.0153. The molecule has 0 unspecified atom stereocenters. The maximum atomic E-state index is 12.6. The third-order valence-electron chi connectivity index (χ3n) is 4.58. The van der Waals surface area contributed by atoms with Gasteiger partial charge in [0.15, 0.2) is 5.13 Å². The van der Waals surface area contributed by atoms with Crippen LogP contribution in [0.2, 0.25) is 0 Å². The van der Waals surface area contributed by atoms with Gasteiger partial charge in [-0.05, 0) is 26.2 Å². The first-order valence-electron chi connectivity index (χ1n) is 7.93. The topological polar surface area (TPSA) is 39.7 Å². The monoisotopic (exact) mass is 308 g/mol. The largest absolute Gasteiger partial charge is 0.346 e. The summed E-state index contributed by atoms with van der Waals surface area (Å²) in [5.74, 6) is 0.317. The van der Waals surface area contributed by atoms with Crippen molar-refractivity contribution < 1.29 is 4.79 Å². The van der Waals surface area contributed by atoms with Crippen LogP contribution in [0.5, 0.6) is 0 Å². The van der Waals surface area contributed by atoms with Crippen LogP contribution in [0.25, 0.3) is 0 Å². The van der Waals surface area contributed by atoms with Crippen LogP contribution in [0.15, 0.2) is 11.6 Å². The molecule has 3 rings (SSSR count). The highest BCUT2D eigenvalue weighted by molar-refractivity contribution is 7.13. The molecular formula is C15H24N4OS. The number of thiazole rings is 1. The highest BCUT2D eigenvalue weighted by atomic mass is 32.1. The number of carbonyl (C=O) groups is 1. The van der Waals surface area contributed by atoms with Crippen LogP contribution in [0.4, 0.5) is 5.13 Å². The van der Waals surface area contributed by atoms with Crippen molar-refractivity contribution in [2.24, 2.45) is 0 Å². The number of hydrogen-bond acceptors (Lipinski definition) is 5. The molecular weight excluding hydrogens is 284 g/mol. The lowest BCUT2D eigenvalue weighted by Gasteiger charge is -2.39. The Morgan fingerprint density at radius 3 is 2.48 bits per heavy atom. The van der Waals surface area contributed by atoms with Gasteiger partial charge in [0.2, 0.25) is 5.91 Å². The highest BCUT2D eigenvalue weighted by Crippen LogP contribution is 2.20. The number of likely N-dealkylation sites (tertiary alicyclic amines) is 1. The van der Waals surface area contributed by atoms with Gasteiger partial charge in [-0.1, -0.05) is 0 Å². The Labute approximate surface area is 130 Å². The predicted molar refractivity (Wildman–Crippen MR) is 85.8 cm³/mol. The molecule has 1 amide bonds. The summed E-state index contributed by atoms with van der Waals surface area (Å²) >= 11 is 1.69. The maximum Gasteiger partial charge on any atom is 0.239 e. The van der Waals surface area contributed by atoms with E-state index in [0.717, 1.165) is 57.2 Å². The van der Waals surface area contributed by atoms with Crippen LogP contribution in [0.3, 0.4) is 0 Å². The zero-order valence-corrected chi connectivity index (χ0v) is 13.5. The van der Waals surface area contributed by atoms with Crippen molar-refractivity contribution in [2.45, 2.75) is 32.2 Å². The van der Waals surface area contributed by atoms with E-state index in [2.05, 4.69) is 26.6 Å². The van der Waals surface area contributed by atoms with E-state index < -0.39 is 0 Å². The zero-order valence-electron chi connectivity index (χ0n) is 12.7. The summed E-state index contributed by atoms with van der Waals surface area (Å²) in [6.45, 7) is 7.78. The molecule has 5 nitrogen and oxygen atoms in total. The third-order valence-corrected chi connectivity index (χ3v) is 5.41. The molecule has 0 bridgehead atoms. The lowest BCUT2D eigenvalue weighted by Crippen LogP contribution is -2.55. The minimum atomic E-state index is 0.0153. The van der Waals surface area contributed by atoms with E-state index in [1.807, 2.05) is 11.6 Å². The maximum absolute atomic E-state index is 12.6. The average molecular weight is 308 g/mol. The first-order chi connectivity index (χ1) is 10.3. The molecule has 116 valence electrons. The molecule has 0 aromatic carbocycles. The molecule has 1 atom stereocenters. The van der Waals surface area contributed by atoms with E-state index >= 15 is 0 Å². The highest BCUT2D eigenvalue weighted by Gasteiger charge is 2.29. The van der Waals surface area contributed by atoms with Gasteiger partial charge in [-0.25, -0.2) is 4.98 Å². The van der Waals surface area contributed by atoms with Crippen LogP contribution in [0.1, 0.15) is 26.2 Å². The fraction of sp³-hybridized carbons (Fsp3) is 0.733. The van der Waals surface area contributed by atoms with Crippen LogP contribution < -0.4 is 4.90 Å². The molecule has 1 aromatic rings. The standard InChI is InChI=1S/C15H24N4OS/c1-13(14(20)18-6-3-2-4-7-18)17-8-10-19(11-9-17)15-16-5-12-21-15/h5,12-13H,2-4,6-11H2,1H3/t13-/m1/s1. The van der Waals surface area contributed by atoms with Gasteiger partial charge in [0.05, 0.1) is 6.04 Å². The molecule has 6 heteroatoms. The average Bonchev–Trinajstić information content (AvgIpc) is 3.09. The number of amides is 1. The van der Waals surface area contributed by atoms with Gasteiger partial charge in [-0.2, -0.15) is 0 Å². The Hall–Kier alpha value is -1.14. The number of piperazine rings is 1. The van der Waals surface area contributed by atoms with Crippen molar-refractivity contribution in [3.63, 3.8) is 0 Å². The molecule has 3 heterocycles. The van der Waals surface area contributed by atoms with Crippen molar-refractivity contribution in [2.75, 3.05) is 44.2 Å². The van der Waals surface area contributed by atoms with E-state index in [1.54, 1.807) is 11.3 Å². The van der Waals surface area contributed by atoms with Crippen molar-refractivity contribution >= 4 is 22.4 Å². The molecule has 2 aliphatic rings. The summed E-state index contributed by atoms with van der Waals surface area (Å²) in [5, 5.41) is 3.12. The molecule has 0 saturated carbocycles. The number of rotatable bonds is 3. The fourth-order valence-corrected chi connectivity index (χ4v) is 3.90. The van der Waals surface area contributed by atoms with Crippen molar-refractivity contribution in [1.82, 2.24) is 14.8 Å². The Bertz CT molecular complexity index is 450. The van der Waals surface area contributed by atoms with Gasteiger partial charge in [-0.15, -0.1) is 11.3 Å². The predicted octanol–water partition coefficient (Wildman–Crippen LogP) is 1.67. The number of aromatic nitrogens is 1. The van der Waals surface area contributed by atoms with Gasteiger partial charge in [0, 0.05) is 50.8 Å². The molecule has 2 saturated heterocycles. The van der Waals surface area contributed by atoms with Gasteiger partial charge in [0.25, 0.3) is 0 Å². The van der Waals surface area contributed by atoms with Crippen molar-refractivity contribution in [3.8, 4) is 0 Å². The van der Waals surface area contributed by atoms with E-state index in [0.29, 0.717) is 5.91 Å². The normalized spacial score (nSPS) is 22.3. The van der Waals surface area contributed by atoms with Crippen LogP contribution in [-0.2, 0) is 4.79 Å². The summed E-state index contributed by atoms with van der Waals surface area (Å²) in [5.41, 5.74) is 0. The Morgan fingerprint density at radius 2 is 1.86 bits per heavy atom. The smallest absolute Gasteiger partial charge is 0.239 e. The second kappa shape index (κ2) is 6.75. The summed E-state index contributed by atoms with van der Waals surface area (Å²) in [4.78, 5) is 23.6. The fourth-order valence-electron chi connectivity index (χ4n) is 3.21. The molecule has 0 spiro atoms. The lowest BCUT2D eigenvalue weighted by molar-refractivity contribution is -0.137. The first-order valence-corrected chi connectivity index (χ1v) is 8.81. The number of nitrogens with zero attached hydrogens (tertiary/aromatic N) is 4. The molecule has 0 N–H and O–H groups in total. The molecule has 21 heavy (non-hydrogen) atoms. The van der Waals surface area contributed by atoms with Gasteiger partial charge in [-0.3, -0.25) is 9.69 Å². The molecule has 0 radical (unpaired) electrons. The number of hydrogen-bond donors (Lipinski definition) is 0. The van der Waals surface area contributed by atoms with Gasteiger partial charge < -0.3 is 9.80 Å². The molecule has 2 fully saturated rings. The SMILES string of the molecule is C[C@H](C(=O)N1CCCCC1)N1CCN(c2nccs2)CC1. The lowest BCUT2D eigenvalue weighted by atomic mass is 10.1. The van der Waals surface area contributed by atoms with Gasteiger partial charge in [0.1, 0.15) is 0 Å². The second-order valence-electron chi connectivity index (χ2n) is 5.90. The minimum absolute atomic E-state index is 0.0153. The Kier molecular flexibility index (Phi) is 4.75. The zero-order chi connectivity index (χ0) is 14.7. The molecule has 0 aliphatic carbocycles. The second-order valence-corrected chi connectivity index (χ2v) is 6.77. The van der Waals surface area contributed by atoms with E-state index in [9.17, 15) is 4.79 Å². The Morgan fingerprint density at radius 1 is 1.14 bits per heavy atom. The quantitative estimate of drug-likeness (QED) is 0.851. The summed E-state index contributed by atoms with van der Waals surface area (Å²) in [6.07, 6.45) is 5.45. The number of anilines is 1. The summed E-state index contributed by atoms with van der Waals surface area (Å²) in [7, 11) is 0. The molecule has 1 aromatic heterocycles. The minimum Gasteiger partial charge on any atom is -0.346 e. The summed E-state index contributed by atoms with van der Waals surface area (Å²) < 4.78 is 0. The number of carbonyl (C=O) groups excluding carboxylic acids is 1. The Balaban J connectivity index is 1.52. The van der Waals surface area contributed by atoms with Gasteiger partial charge >= 0.3 is 0 Å². The van der Waals surface area contributed by atoms with Crippen molar-refractivity contribution in [3.05, 3.63) is 11.6 Å². The molecule has 2 aliphatic heterocycles. The first kappa shape index (κ1) is 14.8. The van der Waals surface area contributed by atoms with Crippen LogP contribution in [-0.4, -0.2) is 66.0 Å². The van der Waals surface area contributed by atoms with Crippen LogP contribution >= 0.6 is 11.3 Å².